The molecule has 292 valence electrons. The maximum Gasteiger partial charge on any atom is 0.104 e. The Hall–Kier alpha value is -7.66. The number of benzene rings is 8. The molecule has 0 saturated heterocycles. The van der Waals surface area contributed by atoms with Gasteiger partial charge in [-0.3, -0.25) is 0 Å². The summed E-state index contributed by atoms with van der Waals surface area (Å²) in [5.41, 5.74) is 22.0. The van der Waals surface area contributed by atoms with E-state index in [2.05, 4.69) is 190 Å². The molecule has 0 radical (unpaired) electrons. The van der Waals surface area contributed by atoms with Crippen LogP contribution in [0.5, 0.6) is 0 Å². The van der Waals surface area contributed by atoms with Gasteiger partial charge in [-0.05, 0) is 170 Å². The monoisotopic (exact) mass is 784 g/mol. The average molecular weight is 785 g/mol. The van der Waals surface area contributed by atoms with E-state index >= 15 is 0 Å². The molecule has 8 aromatic carbocycles. The van der Waals surface area contributed by atoms with E-state index in [1.54, 1.807) is 0 Å². The van der Waals surface area contributed by atoms with Gasteiger partial charge < -0.3 is 9.13 Å². The van der Waals surface area contributed by atoms with Crippen molar-refractivity contribution in [3.05, 3.63) is 190 Å². The van der Waals surface area contributed by atoms with Crippen LogP contribution >= 0.6 is 0 Å². The number of aryl methyl sites for hydroxylation is 7. The molecule has 10 rings (SSSR count). The van der Waals surface area contributed by atoms with Crippen molar-refractivity contribution in [3.8, 4) is 56.9 Å². The Morgan fingerprint density at radius 2 is 0.770 bits per heavy atom. The van der Waals surface area contributed by atoms with E-state index in [-0.39, 0.29) is 0 Å². The molecule has 0 spiro atoms. The van der Waals surface area contributed by atoms with Crippen LogP contribution in [-0.4, -0.2) is 9.13 Å². The van der Waals surface area contributed by atoms with Crippen molar-refractivity contribution in [1.82, 2.24) is 9.13 Å². The second kappa shape index (κ2) is 14.3. The largest absolute Gasteiger partial charge is 0.308 e. The van der Waals surface area contributed by atoms with E-state index in [1.165, 1.54) is 55.6 Å². The number of nitrogens with zero attached hydrogens (tertiary/aromatic N) is 4. The highest BCUT2D eigenvalue weighted by Gasteiger charge is 2.24. The molecule has 4 nitrogen and oxygen atoms in total. The summed E-state index contributed by atoms with van der Waals surface area (Å²) < 4.78 is 4.54. The molecule has 0 amide bonds. The van der Waals surface area contributed by atoms with Crippen LogP contribution in [0.3, 0.4) is 0 Å². The first-order chi connectivity index (χ1) is 29.5. The summed E-state index contributed by atoms with van der Waals surface area (Å²) >= 11 is 0. The van der Waals surface area contributed by atoms with Crippen LogP contribution in [0.2, 0.25) is 0 Å². The molecule has 2 heterocycles. The molecule has 4 heteroatoms. The van der Waals surface area contributed by atoms with Crippen molar-refractivity contribution in [2.75, 3.05) is 0 Å². The minimum atomic E-state index is 0.561. The highest BCUT2D eigenvalue weighted by molar-refractivity contribution is 6.12. The molecule has 10 aromatic rings. The summed E-state index contributed by atoms with van der Waals surface area (Å²) in [6.45, 7) is 15.1. The summed E-state index contributed by atoms with van der Waals surface area (Å²) in [5, 5.41) is 26.1. The number of fused-ring (bicyclic) bond motifs is 6. The summed E-state index contributed by atoms with van der Waals surface area (Å²) in [6.07, 6.45) is 0. The van der Waals surface area contributed by atoms with Gasteiger partial charge in [-0.1, -0.05) is 90.0 Å². The van der Waals surface area contributed by atoms with E-state index < -0.39 is 0 Å². The third-order valence-electron chi connectivity index (χ3n) is 12.5. The van der Waals surface area contributed by atoms with Crippen molar-refractivity contribution >= 4 is 43.6 Å². The fraction of sp³-hybridized carbons (Fsp3) is 0.123. The van der Waals surface area contributed by atoms with Gasteiger partial charge in [0.15, 0.2) is 0 Å². The predicted molar refractivity (Wildman–Crippen MR) is 254 cm³/mol. The number of para-hydroxylation sites is 2. The quantitative estimate of drug-likeness (QED) is 0.174. The minimum absolute atomic E-state index is 0.561. The summed E-state index contributed by atoms with van der Waals surface area (Å²) in [6, 6.07) is 54.9. The van der Waals surface area contributed by atoms with Gasteiger partial charge in [0.1, 0.15) is 11.6 Å². The van der Waals surface area contributed by atoms with E-state index in [1.807, 2.05) is 19.1 Å². The average Bonchev–Trinajstić information content (AvgIpc) is 3.74. The van der Waals surface area contributed by atoms with Gasteiger partial charge in [0.2, 0.25) is 0 Å². The second-order valence-electron chi connectivity index (χ2n) is 16.9. The molecule has 0 atom stereocenters. The standard InChI is InChI=1S/C57H44N4/c1-33-20-36(4)56(37(5)21-33)41-16-18-52-47(27-41)45-12-8-10-14-50(45)60(52)54-29-44(43-25-35(3)24-40(26-43)31-58)30-55(49(54)32-59)61-51-15-11-9-13-46(51)48-28-42(17-19-53(48)61)57-38(6)22-34(2)23-39(57)7/h8-30H,1-7H3. The lowest BCUT2D eigenvalue weighted by Crippen LogP contribution is -2.05. The third kappa shape index (κ3) is 6.03. The molecular formula is C57H44N4. The van der Waals surface area contributed by atoms with Gasteiger partial charge in [-0.2, -0.15) is 10.5 Å². The van der Waals surface area contributed by atoms with Gasteiger partial charge in [-0.25, -0.2) is 0 Å². The molecule has 0 fully saturated rings. The molecule has 0 saturated carbocycles. The molecule has 2 aromatic heterocycles. The van der Waals surface area contributed by atoms with Crippen LogP contribution in [0.4, 0.5) is 0 Å². The summed E-state index contributed by atoms with van der Waals surface area (Å²) in [7, 11) is 0. The highest BCUT2D eigenvalue weighted by atomic mass is 15.0. The zero-order valence-corrected chi connectivity index (χ0v) is 35.6. The minimum Gasteiger partial charge on any atom is -0.308 e. The molecule has 0 aliphatic carbocycles. The molecule has 0 bridgehead atoms. The van der Waals surface area contributed by atoms with Crippen LogP contribution in [0.25, 0.3) is 88.4 Å². The van der Waals surface area contributed by atoms with Crippen molar-refractivity contribution in [3.63, 3.8) is 0 Å². The second-order valence-corrected chi connectivity index (χ2v) is 16.9. The third-order valence-corrected chi connectivity index (χ3v) is 12.5. The highest BCUT2D eigenvalue weighted by Crippen LogP contribution is 2.43. The Morgan fingerprint density at radius 3 is 1.21 bits per heavy atom. The Kier molecular flexibility index (Phi) is 8.79. The molecule has 0 unspecified atom stereocenters. The maximum absolute atomic E-state index is 11.5. The number of hydrogen-bond donors (Lipinski definition) is 0. The van der Waals surface area contributed by atoms with Gasteiger partial charge in [-0.15, -0.1) is 0 Å². The normalized spacial score (nSPS) is 11.5. The first kappa shape index (κ1) is 37.6. The van der Waals surface area contributed by atoms with E-state index in [0.717, 1.165) is 71.7 Å². The van der Waals surface area contributed by atoms with Crippen LogP contribution in [0.1, 0.15) is 50.1 Å². The zero-order valence-electron chi connectivity index (χ0n) is 35.6. The van der Waals surface area contributed by atoms with Crippen molar-refractivity contribution in [1.29, 1.82) is 10.5 Å². The van der Waals surface area contributed by atoms with Crippen molar-refractivity contribution in [2.45, 2.75) is 48.5 Å². The Morgan fingerprint density at radius 1 is 0.361 bits per heavy atom. The SMILES string of the molecule is Cc1cc(C#N)cc(-c2cc(-n3c4ccccc4c4cc(-c5c(C)cc(C)cc5C)ccc43)c(C#N)c(-n3c4ccccc4c4cc(-c5c(C)cc(C)cc5C)ccc43)c2)c1. The van der Waals surface area contributed by atoms with Crippen molar-refractivity contribution in [2.24, 2.45) is 0 Å². The first-order valence-corrected chi connectivity index (χ1v) is 20.9. The zero-order chi connectivity index (χ0) is 42.3. The smallest absolute Gasteiger partial charge is 0.104 e. The maximum atomic E-state index is 11.5. The Labute approximate surface area is 356 Å². The van der Waals surface area contributed by atoms with Gasteiger partial charge in [0, 0.05) is 21.5 Å². The van der Waals surface area contributed by atoms with E-state index in [9.17, 15) is 10.5 Å². The van der Waals surface area contributed by atoms with Crippen LogP contribution in [0, 0.1) is 71.1 Å². The Balaban J connectivity index is 1.30. The van der Waals surface area contributed by atoms with Crippen LogP contribution in [0.15, 0.2) is 140 Å². The lowest BCUT2D eigenvalue weighted by molar-refractivity contribution is 1.12. The van der Waals surface area contributed by atoms with E-state index in [0.29, 0.717) is 11.1 Å². The summed E-state index contributed by atoms with van der Waals surface area (Å²) in [4.78, 5) is 0. The van der Waals surface area contributed by atoms with Crippen LogP contribution < -0.4 is 0 Å². The molecule has 0 N–H and O–H groups in total. The number of aromatic nitrogens is 2. The molecular weight excluding hydrogens is 741 g/mol. The lowest BCUT2D eigenvalue weighted by Gasteiger charge is -2.19. The number of hydrogen-bond acceptors (Lipinski definition) is 2. The number of rotatable bonds is 5. The predicted octanol–water partition coefficient (Wildman–Crippen LogP) is 14.8. The Bertz CT molecular complexity index is 3330. The number of nitriles is 2. The van der Waals surface area contributed by atoms with Gasteiger partial charge in [0.05, 0.1) is 45.1 Å². The molecule has 0 aliphatic heterocycles. The fourth-order valence-corrected chi connectivity index (χ4v) is 10.3. The van der Waals surface area contributed by atoms with Crippen molar-refractivity contribution < 1.29 is 0 Å². The van der Waals surface area contributed by atoms with Gasteiger partial charge >= 0.3 is 0 Å². The topological polar surface area (TPSA) is 57.4 Å². The summed E-state index contributed by atoms with van der Waals surface area (Å²) in [5.74, 6) is 0. The molecule has 61 heavy (non-hydrogen) atoms. The van der Waals surface area contributed by atoms with Crippen LogP contribution in [-0.2, 0) is 0 Å². The molecule has 0 aliphatic rings. The van der Waals surface area contributed by atoms with Gasteiger partial charge in [0.25, 0.3) is 0 Å². The first-order valence-electron chi connectivity index (χ1n) is 20.9. The fourth-order valence-electron chi connectivity index (χ4n) is 10.3. The van der Waals surface area contributed by atoms with E-state index in [4.69, 9.17) is 0 Å². The lowest BCUT2D eigenvalue weighted by atomic mass is 9.93.